The van der Waals surface area contributed by atoms with Gasteiger partial charge in [-0.3, -0.25) is 0 Å². The summed E-state index contributed by atoms with van der Waals surface area (Å²) in [6.45, 7) is 12.2. The van der Waals surface area contributed by atoms with Crippen LogP contribution in [0.1, 0.15) is 36.3 Å². The minimum Gasteiger partial charge on any atom is -0.304 e. The summed E-state index contributed by atoms with van der Waals surface area (Å²) in [5.74, 6) is 0. The van der Waals surface area contributed by atoms with Crippen LogP contribution < -0.4 is 0 Å². The molecule has 0 unspecified atom stereocenters. The summed E-state index contributed by atoms with van der Waals surface area (Å²) in [5, 5.41) is 10.2. The Morgan fingerprint density at radius 2 is 1.90 bits per heavy atom. The van der Waals surface area contributed by atoms with Gasteiger partial charge in [-0.2, -0.15) is 5.26 Å². The zero-order valence-corrected chi connectivity index (χ0v) is 14.5. The van der Waals surface area contributed by atoms with Crippen LogP contribution in [0.25, 0.3) is 0 Å². The third kappa shape index (κ3) is 4.50. The third-order valence-corrected chi connectivity index (χ3v) is 5.04. The van der Waals surface area contributed by atoms with Gasteiger partial charge in [0, 0.05) is 49.4 Å². The average Bonchev–Trinajstić information content (AvgIpc) is 2.82. The van der Waals surface area contributed by atoms with E-state index in [2.05, 4.69) is 43.7 Å². The smallest absolute Gasteiger partial charge is 0.0944 e. The van der Waals surface area contributed by atoms with Gasteiger partial charge < -0.3 is 9.80 Å². The molecule has 0 radical (unpaired) electrons. The highest BCUT2D eigenvalue weighted by molar-refractivity contribution is 7.11. The second-order valence-corrected chi connectivity index (χ2v) is 8.03. The quantitative estimate of drug-likeness (QED) is 0.856. The van der Waals surface area contributed by atoms with Gasteiger partial charge >= 0.3 is 0 Å². The minimum atomic E-state index is 0.0226. The van der Waals surface area contributed by atoms with E-state index in [0.717, 1.165) is 49.7 Å². The van der Waals surface area contributed by atoms with Gasteiger partial charge in [0.25, 0.3) is 0 Å². The van der Waals surface area contributed by atoms with Crippen molar-refractivity contribution in [3.8, 4) is 6.07 Å². The van der Waals surface area contributed by atoms with Crippen LogP contribution in [-0.4, -0.2) is 54.6 Å². The number of aromatic nitrogens is 1. The molecule has 0 N–H and O–H groups in total. The van der Waals surface area contributed by atoms with Gasteiger partial charge in [0.15, 0.2) is 0 Å². The van der Waals surface area contributed by atoms with E-state index in [1.807, 2.05) is 0 Å². The molecule has 2 rings (SSSR count). The van der Waals surface area contributed by atoms with Gasteiger partial charge in [0.05, 0.1) is 23.2 Å². The molecule has 1 saturated heterocycles. The zero-order valence-electron chi connectivity index (χ0n) is 13.6. The first-order chi connectivity index (χ1) is 9.90. The number of nitrogens with zero attached hydrogens (tertiary/aromatic N) is 4. The number of nitriles is 1. The first-order valence-corrected chi connectivity index (χ1v) is 8.48. The highest BCUT2D eigenvalue weighted by Crippen LogP contribution is 2.30. The number of thiazole rings is 1. The van der Waals surface area contributed by atoms with E-state index >= 15 is 0 Å². The van der Waals surface area contributed by atoms with Crippen molar-refractivity contribution in [2.75, 3.05) is 39.8 Å². The van der Waals surface area contributed by atoms with Gasteiger partial charge in [-0.05, 0) is 7.05 Å². The molecule has 0 bridgehead atoms. The van der Waals surface area contributed by atoms with Gasteiger partial charge in [0.2, 0.25) is 0 Å². The molecule has 1 aromatic rings. The van der Waals surface area contributed by atoms with Crippen molar-refractivity contribution in [2.45, 2.75) is 39.0 Å². The van der Waals surface area contributed by atoms with E-state index in [-0.39, 0.29) is 5.41 Å². The highest BCUT2D eigenvalue weighted by Gasteiger charge is 2.23. The van der Waals surface area contributed by atoms with Gasteiger partial charge in [-0.1, -0.05) is 20.8 Å². The summed E-state index contributed by atoms with van der Waals surface area (Å²) in [6, 6.07) is 2.27. The van der Waals surface area contributed by atoms with E-state index in [1.54, 1.807) is 11.3 Å². The zero-order chi connectivity index (χ0) is 15.5. The maximum Gasteiger partial charge on any atom is 0.0944 e. The SMILES string of the molecule is CN1CCN(CCc2nc(C(C)(C)C)c(CC#N)s2)CC1. The maximum atomic E-state index is 8.99. The predicted octanol–water partition coefficient (Wildman–Crippen LogP) is 2.30. The predicted molar refractivity (Wildman–Crippen MR) is 87.8 cm³/mol. The van der Waals surface area contributed by atoms with Crippen molar-refractivity contribution in [3.05, 3.63) is 15.6 Å². The molecule has 21 heavy (non-hydrogen) atoms. The summed E-state index contributed by atoms with van der Waals surface area (Å²) in [4.78, 5) is 10.9. The Labute approximate surface area is 132 Å². The molecule has 0 atom stereocenters. The van der Waals surface area contributed by atoms with Gasteiger partial charge in [0.1, 0.15) is 0 Å². The summed E-state index contributed by atoms with van der Waals surface area (Å²) < 4.78 is 0. The Morgan fingerprint density at radius 1 is 1.24 bits per heavy atom. The van der Waals surface area contributed by atoms with Crippen LogP contribution in [0.2, 0.25) is 0 Å². The molecule has 1 aromatic heterocycles. The summed E-state index contributed by atoms with van der Waals surface area (Å²) in [5.41, 5.74) is 1.14. The molecule has 1 aliphatic heterocycles. The molecule has 4 nitrogen and oxygen atoms in total. The standard InChI is InChI=1S/C16H26N4S/c1-16(2,3)15-13(5-7-17)21-14(18-15)6-8-20-11-9-19(4)10-12-20/h5-6,8-12H2,1-4H3. The molecule has 0 spiro atoms. The second-order valence-electron chi connectivity index (χ2n) is 6.86. The minimum absolute atomic E-state index is 0.0226. The summed E-state index contributed by atoms with van der Waals surface area (Å²) in [6.07, 6.45) is 1.49. The topological polar surface area (TPSA) is 43.2 Å². The first kappa shape index (κ1) is 16.4. The number of rotatable bonds is 4. The maximum absolute atomic E-state index is 8.99. The lowest BCUT2D eigenvalue weighted by Crippen LogP contribution is -2.45. The number of hydrogen-bond donors (Lipinski definition) is 0. The van der Waals surface area contributed by atoms with Crippen LogP contribution in [0.5, 0.6) is 0 Å². The van der Waals surface area contributed by atoms with Crippen molar-refractivity contribution in [1.29, 1.82) is 5.26 Å². The Morgan fingerprint density at radius 3 is 2.48 bits per heavy atom. The van der Waals surface area contributed by atoms with Crippen molar-refractivity contribution < 1.29 is 0 Å². The molecular weight excluding hydrogens is 280 g/mol. The van der Waals surface area contributed by atoms with Crippen LogP contribution >= 0.6 is 11.3 Å². The molecule has 2 heterocycles. The van der Waals surface area contributed by atoms with E-state index in [4.69, 9.17) is 10.2 Å². The van der Waals surface area contributed by atoms with Crippen molar-refractivity contribution >= 4 is 11.3 Å². The largest absolute Gasteiger partial charge is 0.304 e. The molecule has 5 heteroatoms. The number of piperazine rings is 1. The molecule has 116 valence electrons. The van der Waals surface area contributed by atoms with Crippen LogP contribution in [0.15, 0.2) is 0 Å². The number of hydrogen-bond acceptors (Lipinski definition) is 5. The fraction of sp³-hybridized carbons (Fsp3) is 0.750. The fourth-order valence-electron chi connectivity index (χ4n) is 2.61. The van der Waals surface area contributed by atoms with Crippen LogP contribution in [0.4, 0.5) is 0 Å². The lowest BCUT2D eigenvalue weighted by molar-refractivity contribution is 0.155. The van der Waals surface area contributed by atoms with E-state index < -0.39 is 0 Å². The monoisotopic (exact) mass is 306 g/mol. The highest BCUT2D eigenvalue weighted by atomic mass is 32.1. The molecular formula is C16H26N4S. The number of likely N-dealkylation sites (N-methyl/N-ethyl adjacent to an activating group) is 1. The normalized spacial score (nSPS) is 17.9. The van der Waals surface area contributed by atoms with Crippen LogP contribution in [0.3, 0.4) is 0 Å². The lowest BCUT2D eigenvalue weighted by Gasteiger charge is -2.32. The van der Waals surface area contributed by atoms with Crippen molar-refractivity contribution in [2.24, 2.45) is 0 Å². The van der Waals surface area contributed by atoms with Gasteiger partial charge in [-0.15, -0.1) is 11.3 Å². The summed E-state index contributed by atoms with van der Waals surface area (Å²) >= 11 is 1.73. The molecule has 1 fully saturated rings. The Kier molecular flexibility index (Phi) is 5.37. The van der Waals surface area contributed by atoms with E-state index in [0.29, 0.717) is 6.42 Å². The second kappa shape index (κ2) is 6.87. The van der Waals surface area contributed by atoms with Crippen molar-refractivity contribution in [1.82, 2.24) is 14.8 Å². The van der Waals surface area contributed by atoms with E-state index in [1.165, 1.54) is 5.01 Å². The van der Waals surface area contributed by atoms with Crippen molar-refractivity contribution in [3.63, 3.8) is 0 Å². The Hall–Kier alpha value is -0.960. The molecule has 1 aliphatic rings. The fourth-order valence-corrected chi connectivity index (χ4v) is 3.81. The van der Waals surface area contributed by atoms with Gasteiger partial charge in [-0.25, -0.2) is 4.98 Å². The Bertz CT molecular complexity index is 501. The van der Waals surface area contributed by atoms with Crippen LogP contribution in [0, 0.1) is 11.3 Å². The molecule has 0 aliphatic carbocycles. The van der Waals surface area contributed by atoms with E-state index in [9.17, 15) is 0 Å². The average molecular weight is 306 g/mol. The molecule has 0 aromatic carbocycles. The molecule has 0 saturated carbocycles. The molecule has 0 amide bonds. The Balaban J connectivity index is 1.99. The first-order valence-electron chi connectivity index (χ1n) is 7.67. The van der Waals surface area contributed by atoms with Crippen LogP contribution in [-0.2, 0) is 18.3 Å². The summed E-state index contributed by atoms with van der Waals surface area (Å²) in [7, 11) is 2.18. The lowest BCUT2D eigenvalue weighted by atomic mass is 9.91. The third-order valence-electron chi connectivity index (χ3n) is 3.93.